The fourth-order valence-electron chi connectivity index (χ4n) is 3.80. The molecule has 2 rings (SSSR count). The van der Waals surface area contributed by atoms with Crippen LogP contribution in [-0.4, -0.2) is 63.5 Å². The average Bonchev–Trinajstić information content (AvgIpc) is 2.98. The zero-order chi connectivity index (χ0) is 29.5. The third-order valence-corrected chi connectivity index (χ3v) is 6.00. The molecule has 40 heavy (non-hydrogen) atoms. The van der Waals surface area contributed by atoms with E-state index in [0.717, 1.165) is 0 Å². The second-order valence-corrected chi connectivity index (χ2v) is 8.32. The van der Waals surface area contributed by atoms with Gasteiger partial charge in [0.25, 0.3) is 0 Å². The molecule has 0 aliphatic heterocycles. The van der Waals surface area contributed by atoms with Gasteiger partial charge in [-0.3, -0.25) is 14.4 Å². The third-order valence-electron chi connectivity index (χ3n) is 6.00. The van der Waals surface area contributed by atoms with Crippen LogP contribution in [0.2, 0.25) is 0 Å². The van der Waals surface area contributed by atoms with E-state index in [1.54, 1.807) is 47.4 Å². The van der Waals surface area contributed by atoms with Crippen LogP contribution in [0.4, 0.5) is 0 Å². The van der Waals surface area contributed by atoms with Crippen LogP contribution in [-0.2, 0) is 14.4 Å². The number of allylic oxidation sites excluding steroid dienone is 2. The molecule has 1 atom stereocenters. The minimum absolute atomic E-state index is 0.241. The summed E-state index contributed by atoms with van der Waals surface area (Å²) in [6.45, 7) is 4.36. The predicted molar refractivity (Wildman–Crippen MR) is 151 cm³/mol. The van der Waals surface area contributed by atoms with Crippen LogP contribution >= 0.6 is 0 Å². The van der Waals surface area contributed by atoms with Gasteiger partial charge in [-0.2, -0.15) is 0 Å². The number of rotatable bonds is 16. The lowest BCUT2D eigenvalue weighted by molar-refractivity contribution is -0.137. The lowest BCUT2D eigenvalue weighted by atomic mass is 9.92. The van der Waals surface area contributed by atoms with Gasteiger partial charge in [0, 0.05) is 24.4 Å². The van der Waals surface area contributed by atoms with Gasteiger partial charge in [-0.25, -0.2) is 0 Å². The Morgan fingerprint density at radius 3 is 1.82 bits per heavy atom. The predicted octanol–water partition coefficient (Wildman–Crippen LogP) is 5.10. The molecule has 0 N–H and O–H groups in total. The number of ketones is 2. The first-order valence-electron chi connectivity index (χ1n) is 12.6. The standard InChI is InChI=1S/C29H34N4O7/c1-6-33(7-2)29(36)18-22(23(34)12-8-20-10-14-25(37-3)27(16-20)39-5)24(35)13-9-21-11-15-26(38-4)28(17-21)40-19-31-32-30/h8-17,22H,6-7,18-19H2,1-5H3/b12-8+,13-9+. The first-order chi connectivity index (χ1) is 19.3. The Morgan fingerprint density at radius 2 is 1.35 bits per heavy atom. The van der Waals surface area contributed by atoms with Crippen molar-refractivity contribution in [1.82, 2.24) is 4.90 Å². The lowest BCUT2D eigenvalue weighted by Crippen LogP contribution is -2.35. The minimum atomic E-state index is -1.21. The summed E-state index contributed by atoms with van der Waals surface area (Å²) in [4.78, 5) is 43.5. The molecule has 0 aliphatic rings. The molecule has 2 aromatic carbocycles. The largest absolute Gasteiger partial charge is 0.493 e. The maximum absolute atomic E-state index is 13.2. The van der Waals surface area contributed by atoms with Gasteiger partial charge in [-0.1, -0.05) is 29.4 Å². The molecule has 0 saturated heterocycles. The summed E-state index contributed by atoms with van der Waals surface area (Å²) in [5.74, 6) is -0.762. The second-order valence-electron chi connectivity index (χ2n) is 8.32. The van der Waals surface area contributed by atoms with Crippen LogP contribution in [0.5, 0.6) is 23.0 Å². The number of carbonyl (C=O) groups excluding carboxylic acids is 3. The molecular formula is C29H34N4O7. The highest BCUT2D eigenvalue weighted by Gasteiger charge is 2.27. The van der Waals surface area contributed by atoms with Crippen LogP contribution in [0.25, 0.3) is 22.6 Å². The van der Waals surface area contributed by atoms with Gasteiger partial charge in [0.1, 0.15) is 0 Å². The molecule has 11 nitrogen and oxygen atoms in total. The Labute approximate surface area is 233 Å². The van der Waals surface area contributed by atoms with Gasteiger partial charge in [-0.15, -0.1) is 0 Å². The summed E-state index contributed by atoms with van der Waals surface area (Å²) >= 11 is 0. The molecule has 1 unspecified atom stereocenters. The van der Waals surface area contributed by atoms with E-state index in [1.807, 2.05) is 13.8 Å². The molecule has 0 fully saturated rings. The number of nitrogens with zero attached hydrogens (tertiary/aromatic N) is 4. The Hall–Kier alpha value is -4.76. The van der Waals surface area contributed by atoms with Crippen molar-refractivity contribution in [2.24, 2.45) is 11.0 Å². The Bertz CT molecular complexity index is 1300. The van der Waals surface area contributed by atoms with Gasteiger partial charge in [0.15, 0.2) is 41.3 Å². The molecule has 0 spiro atoms. The Balaban J connectivity index is 2.33. The van der Waals surface area contributed by atoms with Crippen molar-refractivity contribution in [2.75, 3.05) is 41.1 Å². The zero-order valence-electron chi connectivity index (χ0n) is 23.3. The van der Waals surface area contributed by atoms with Gasteiger partial charge < -0.3 is 23.8 Å². The molecular weight excluding hydrogens is 516 g/mol. The molecule has 0 heterocycles. The number of benzene rings is 2. The summed E-state index contributed by atoms with van der Waals surface area (Å²) in [6, 6.07) is 10.1. The molecule has 11 heteroatoms. The lowest BCUT2D eigenvalue weighted by Gasteiger charge is -2.20. The maximum atomic E-state index is 13.2. The third kappa shape index (κ3) is 8.92. The van der Waals surface area contributed by atoms with Crippen LogP contribution in [0.3, 0.4) is 0 Å². The number of hydrogen-bond acceptors (Lipinski definition) is 8. The van der Waals surface area contributed by atoms with Crippen molar-refractivity contribution >= 4 is 29.6 Å². The van der Waals surface area contributed by atoms with Gasteiger partial charge in [-0.05, 0) is 66.9 Å². The van der Waals surface area contributed by atoms with Gasteiger partial charge in [0.05, 0.1) is 27.2 Å². The molecule has 1 amide bonds. The van der Waals surface area contributed by atoms with Gasteiger partial charge in [0.2, 0.25) is 5.91 Å². The fraction of sp³-hybridized carbons (Fsp3) is 0.345. The van der Waals surface area contributed by atoms with Crippen molar-refractivity contribution < 1.29 is 33.3 Å². The smallest absolute Gasteiger partial charge is 0.223 e. The number of azide groups is 1. The topological polar surface area (TPSA) is 140 Å². The normalized spacial score (nSPS) is 11.5. The summed E-state index contributed by atoms with van der Waals surface area (Å²) < 4.78 is 21.2. The van der Waals surface area contributed by atoms with Crippen molar-refractivity contribution in [1.29, 1.82) is 0 Å². The number of hydrogen-bond donors (Lipinski definition) is 0. The van der Waals surface area contributed by atoms with E-state index in [1.165, 1.54) is 39.6 Å². The highest BCUT2D eigenvalue weighted by molar-refractivity contribution is 6.15. The highest BCUT2D eigenvalue weighted by Crippen LogP contribution is 2.29. The van der Waals surface area contributed by atoms with Crippen molar-refractivity contribution in [3.05, 3.63) is 70.1 Å². The van der Waals surface area contributed by atoms with Gasteiger partial charge >= 0.3 is 0 Å². The second kappa shape index (κ2) is 16.3. The molecule has 0 bridgehead atoms. The highest BCUT2D eigenvalue weighted by atomic mass is 16.5. The first-order valence-corrected chi connectivity index (χ1v) is 12.6. The van der Waals surface area contributed by atoms with Crippen molar-refractivity contribution in [2.45, 2.75) is 20.3 Å². The summed E-state index contributed by atoms with van der Waals surface area (Å²) in [7, 11) is 4.50. The van der Waals surface area contributed by atoms with E-state index in [2.05, 4.69) is 10.0 Å². The summed E-state index contributed by atoms with van der Waals surface area (Å²) in [5.41, 5.74) is 9.71. The Morgan fingerprint density at radius 1 is 0.850 bits per heavy atom. The number of methoxy groups -OCH3 is 3. The fourth-order valence-corrected chi connectivity index (χ4v) is 3.80. The van der Waals surface area contributed by atoms with E-state index >= 15 is 0 Å². The molecule has 0 aliphatic carbocycles. The van der Waals surface area contributed by atoms with Crippen molar-refractivity contribution in [3.63, 3.8) is 0 Å². The minimum Gasteiger partial charge on any atom is -0.493 e. The van der Waals surface area contributed by atoms with E-state index in [9.17, 15) is 14.4 Å². The van der Waals surface area contributed by atoms with Crippen LogP contribution in [0, 0.1) is 5.92 Å². The monoisotopic (exact) mass is 550 g/mol. The quantitative estimate of drug-likeness (QED) is 0.0931. The van der Waals surface area contributed by atoms with Crippen LogP contribution in [0.1, 0.15) is 31.4 Å². The summed E-state index contributed by atoms with van der Waals surface area (Å²) in [5, 5.41) is 3.34. The molecule has 2 aromatic rings. The van der Waals surface area contributed by atoms with E-state index in [-0.39, 0.29) is 19.1 Å². The van der Waals surface area contributed by atoms with Crippen LogP contribution < -0.4 is 18.9 Å². The molecule has 212 valence electrons. The van der Waals surface area contributed by atoms with Crippen molar-refractivity contribution in [3.8, 4) is 23.0 Å². The number of amides is 1. The first kappa shape index (κ1) is 31.5. The zero-order valence-corrected chi connectivity index (χ0v) is 23.3. The molecule has 0 radical (unpaired) electrons. The van der Waals surface area contributed by atoms with E-state index in [4.69, 9.17) is 24.5 Å². The number of carbonyl (C=O) groups is 3. The maximum Gasteiger partial charge on any atom is 0.223 e. The Kier molecular flexibility index (Phi) is 12.8. The SMILES string of the molecule is CCN(CC)C(=O)CC(C(=O)/C=C/c1ccc(OC)c(OC)c1)C(=O)/C=C/c1ccc(OC)c(OCN=[N+]=[N-])c1. The number of ether oxygens (including phenoxy) is 4. The van der Waals surface area contributed by atoms with E-state index < -0.39 is 17.5 Å². The molecule has 0 saturated carbocycles. The average molecular weight is 551 g/mol. The molecule has 0 aromatic heterocycles. The van der Waals surface area contributed by atoms with E-state index in [0.29, 0.717) is 47.2 Å². The van der Waals surface area contributed by atoms with Crippen LogP contribution in [0.15, 0.2) is 53.7 Å². The summed E-state index contributed by atoms with van der Waals surface area (Å²) in [6.07, 6.45) is 5.38.